The van der Waals surface area contributed by atoms with Gasteiger partial charge >= 0.3 is 5.97 Å². The van der Waals surface area contributed by atoms with Crippen molar-refractivity contribution in [3.05, 3.63) is 23.0 Å². The summed E-state index contributed by atoms with van der Waals surface area (Å²) >= 11 is 0. The van der Waals surface area contributed by atoms with Crippen LogP contribution in [0.15, 0.2) is 23.0 Å². The van der Waals surface area contributed by atoms with Crippen molar-refractivity contribution in [2.24, 2.45) is 44.3 Å². The highest BCUT2D eigenvalue weighted by molar-refractivity contribution is 5.95. The zero-order chi connectivity index (χ0) is 28.5. The maximum absolute atomic E-state index is 14.2. The number of rotatable bonds is 1. The van der Waals surface area contributed by atoms with Crippen LogP contribution in [-0.2, 0) is 14.3 Å². The summed E-state index contributed by atoms with van der Waals surface area (Å²) in [5.74, 6) is 0.298. The average Bonchev–Trinajstić information content (AvgIpc) is 2.84. The average molecular weight is 524 g/mol. The number of hydrogen-bond donors (Lipinski definition) is 1. The molecule has 4 rings (SSSR count). The molecule has 38 heavy (non-hydrogen) atoms. The lowest BCUT2D eigenvalue weighted by Crippen LogP contribution is -2.60. The number of aliphatic hydroxyl groups is 1. The van der Waals surface area contributed by atoms with E-state index in [9.17, 15) is 20.0 Å². The van der Waals surface area contributed by atoms with Crippen molar-refractivity contribution in [3.8, 4) is 6.07 Å². The van der Waals surface area contributed by atoms with Crippen LogP contribution < -0.4 is 0 Å². The third-order valence-electron chi connectivity index (χ3n) is 12.4. The Hall–Kier alpha value is -2.09. The minimum atomic E-state index is -0.589. The van der Waals surface area contributed by atoms with Gasteiger partial charge in [0.2, 0.25) is 0 Å². The number of ketones is 1. The molecule has 0 heterocycles. The van der Waals surface area contributed by atoms with Crippen molar-refractivity contribution in [1.29, 1.82) is 5.26 Å². The molecule has 4 aliphatic carbocycles. The highest BCUT2D eigenvalue weighted by atomic mass is 16.5. The van der Waals surface area contributed by atoms with E-state index >= 15 is 0 Å². The molecule has 2 fully saturated rings. The number of carbonyl (C=O) groups is 2. The van der Waals surface area contributed by atoms with Gasteiger partial charge in [0.15, 0.2) is 5.78 Å². The van der Waals surface area contributed by atoms with Crippen molar-refractivity contribution < 1.29 is 19.4 Å². The molecule has 4 aliphatic rings. The van der Waals surface area contributed by atoms with Crippen LogP contribution in [0, 0.1) is 55.7 Å². The first-order chi connectivity index (χ1) is 17.4. The molecule has 5 nitrogen and oxygen atoms in total. The quantitative estimate of drug-likeness (QED) is 0.353. The van der Waals surface area contributed by atoms with E-state index in [2.05, 4.69) is 40.7 Å². The molecule has 0 aromatic carbocycles. The zero-order valence-corrected chi connectivity index (χ0v) is 25.2. The smallest absolute Gasteiger partial charge is 0.311 e. The van der Waals surface area contributed by atoms with E-state index in [0.717, 1.165) is 50.5 Å². The molecule has 0 aromatic heterocycles. The molecular weight excluding hydrogens is 474 g/mol. The van der Waals surface area contributed by atoms with Crippen molar-refractivity contribution >= 4 is 11.8 Å². The van der Waals surface area contributed by atoms with Gasteiger partial charge < -0.3 is 9.84 Å². The van der Waals surface area contributed by atoms with Crippen molar-refractivity contribution in [2.75, 3.05) is 7.11 Å². The minimum absolute atomic E-state index is 0.0275. The number of fused-ring (bicyclic) bond motifs is 5. The summed E-state index contributed by atoms with van der Waals surface area (Å²) in [4.78, 5) is 27.3. The Morgan fingerprint density at radius 2 is 1.61 bits per heavy atom. The molecule has 5 heteroatoms. The van der Waals surface area contributed by atoms with Gasteiger partial charge in [-0.2, -0.15) is 5.26 Å². The second-order valence-electron chi connectivity index (χ2n) is 15.4. The Bertz CT molecular complexity index is 1140. The van der Waals surface area contributed by atoms with E-state index < -0.39 is 16.2 Å². The molecule has 0 aromatic rings. The van der Waals surface area contributed by atoms with Gasteiger partial charge in [-0.15, -0.1) is 0 Å². The van der Waals surface area contributed by atoms with Gasteiger partial charge in [-0.1, -0.05) is 54.0 Å². The lowest BCUT2D eigenvalue weighted by atomic mass is 9.38. The standard InChI is InChI=1S/C33H49NO4/c1-28(2)12-10-22-23(35)18-25-31(6)19-21(20-34)26(36)29(3,4)24(31)11-13-33(25,8)32(22,7)17-16-30(5,15-14-28)27(37)38-9/h18,22,24,36H,10-17,19H2,1-9H3/t22?,24-,30-,31-,32+,33+/m0/s1. The summed E-state index contributed by atoms with van der Waals surface area (Å²) in [5.41, 5.74) is -0.457. The van der Waals surface area contributed by atoms with Crippen LogP contribution in [0.3, 0.4) is 0 Å². The van der Waals surface area contributed by atoms with E-state index in [4.69, 9.17) is 4.74 Å². The Morgan fingerprint density at radius 1 is 0.974 bits per heavy atom. The molecule has 0 aliphatic heterocycles. The summed E-state index contributed by atoms with van der Waals surface area (Å²) in [6.45, 7) is 17.6. The van der Waals surface area contributed by atoms with E-state index in [1.807, 2.05) is 26.8 Å². The first kappa shape index (κ1) is 28.9. The number of allylic oxidation sites excluding steroid dienone is 4. The topological polar surface area (TPSA) is 87.4 Å². The summed E-state index contributed by atoms with van der Waals surface area (Å²) in [6.07, 6.45) is 9.25. The molecule has 210 valence electrons. The number of carbonyl (C=O) groups excluding carboxylic acids is 2. The van der Waals surface area contributed by atoms with Gasteiger partial charge in [0.1, 0.15) is 5.76 Å². The SMILES string of the molecule is COC(=O)[C@@]1(C)CCC(C)(C)CCC2C(=O)C=C3[C@@]4(C)CC(C#N)=C(O)C(C)(C)[C@@H]4CC[C@@]3(C)[C@]2(C)CC1. The molecule has 2 saturated carbocycles. The minimum Gasteiger partial charge on any atom is -0.511 e. The predicted molar refractivity (Wildman–Crippen MR) is 149 cm³/mol. The highest BCUT2D eigenvalue weighted by Crippen LogP contribution is 2.72. The van der Waals surface area contributed by atoms with E-state index in [0.29, 0.717) is 18.4 Å². The normalized spacial score (nSPS) is 42.5. The second kappa shape index (κ2) is 8.97. The number of methoxy groups -OCH3 is 1. The summed E-state index contributed by atoms with van der Waals surface area (Å²) in [6, 6.07) is 2.29. The molecule has 0 bridgehead atoms. The molecular formula is C33H49NO4. The molecule has 1 N–H and O–H groups in total. The van der Waals surface area contributed by atoms with Crippen molar-refractivity contribution in [2.45, 2.75) is 113 Å². The van der Waals surface area contributed by atoms with E-state index in [1.54, 1.807) is 0 Å². The van der Waals surface area contributed by atoms with Crippen LogP contribution in [0.25, 0.3) is 0 Å². The van der Waals surface area contributed by atoms with Crippen LogP contribution in [0.1, 0.15) is 113 Å². The maximum Gasteiger partial charge on any atom is 0.311 e. The molecule has 0 amide bonds. The Morgan fingerprint density at radius 3 is 2.21 bits per heavy atom. The largest absolute Gasteiger partial charge is 0.511 e. The first-order valence-corrected chi connectivity index (χ1v) is 14.6. The second-order valence-corrected chi connectivity index (χ2v) is 15.4. The summed E-state index contributed by atoms with van der Waals surface area (Å²) in [7, 11) is 1.48. The van der Waals surface area contributed by atoms with Gasteiger partial charge in [-0.25, -0.2) is 0 Å². The highest BCUT2D eigenvalue weighted by Gasteiger charge is 2.65. The van der Waals surface area contributed by atoms with Crippen LogP contribution in [-0.4, -0.2) is 24.0 Å². The fourth-order valence-electron chi connectivity index (χ4n) is 9.33. The number of aliphatic hydroxyl groups excluding tert-OH is 1. The molecule has 6 atom stereocenters. The Balaban J connectivity index is 1.88. The predicted octanol–water partition coefficient (Wildman–Crippen LogP) is 7.87. The third kappa shape index (κ3) is 3.99. The van der Waals surface area contributed by atoms with Crippen LogP contribution in [0.2, 0.25) is 0 Å². The fourth-order valence-corrected chi connectivity index (χ4v) is 9.33. The molecule has 0 saturated heterocycles. The number of ether oxygens (including phenoxy) is 1. The van der Waals surface area contributed by atoms with Crippen LogP contribution >= 0.6 is 0 Å². The van der Waals surface area contributed by atoms with Crippen LogP contribution in [0.4, 0.5) is 0 Å². The Labute approximate surface area is 230 Å². The van der Waals surface area contributed by atoms with Gasteiger partial charge in [-0.05, 0) is 98.4 Å². The van der Waals surface area contributed by atoms with Gasteiger partial charge in [0.25, 0.3) is 0 Å². The number of nitrogens with zero attached hydrogens (tertiary/aromatic N) is 1. The van der Waals surface area contributed by atoms with E-state index in [-0.39, 0.29) is 45.6 Å². The number of esters is 1. The Kier molecular flexibility index (Phi) is 6.82. The van der Waals surface area contributed by atoms with E-state index in [1.165, 1.54) is 7.11 Å². The van der Waals surface area contributed by atoms with Gasteiger partial charge in [0.05, 0.1) is 24.2 Å². The molecule has 0 spiro atoms. The summed E-state index contributed by atoms with van der Waals surface area (Å²) in [5, 5.41) is 21.0. The van der Waals surface area contributed by atoms with Gasteiger partial charge in [0, 0.05) is 11.3 Å². The zero-order valence-electron chi connectivity index (χ0n) is 25.2. The van der Waals surface area contributed by atoms with Crippen LogP contribution in [0.5, 0.6) is 0 Å². The molecule has 1 unspecified atom stereocenters. The third-order valence-corrected chi connectivity index (χ3v) is 12.4. The summed E-state index contributed by atoms with van der Waals surface area (Å²) < 4.78 is 5.32. The maximum atomic E-state index is 14.2. The lowest BCUT2D eigenvalue weighted by molar-refractivity contribution is -0.155. The fraction of sp³-hybridized carbons (Fsp3) is 0.788. The molecule has 0 radical (unpaired) electrons. The number of nitriles is 1. The first-order valence-electron chi connectivity index (χ1n) is 14.6. The number of hydrogen-bond acceptors (Lipinski definition) is 5. The lowest BCUT2D eigenvalue weighted by Gasteiger charge is -2.65. The van der Waals surface area contributed by atoms with Gasteiger partial charge in [-0.3, -0.25) is 9.59 Å². The van der Waals surface area contributed by atoms with Crippen molar-refractivity contribution in [1.82, 2.24) is 0 Å². The van der Waals surface area contributed by atoms with Crippen molar-refractivity contribution in [3.63, 3.8) is 0 Å². The monoisotopic (exact) mass is 523 g/mol.